The molecule has 2 fully saturated rings. The van der Waals surface area contributed by atoms with Gasteiger partial charge in [-0.05, 0) is 63.5 Å². The summed E-state index contributed by atoms with van der Waals surface area (Å²) < 4.78 is 16.3. The van der Waals surface area contributed by atoms with E-state index in [2.05, 4.69) is 56.7 Å². The van der Waals surface area contributed by atoms with Gasteiger partial charge < -0.3 is 4.55 Å². The predicted octanol–water partition coefficient (Wildman–Crippen LogP) is 5.02. The van der Waals surface area contributed by atoms with Crippen molar-refractivity contribution < 1.29 is 4.55 Å². The first-order valence-corrected chi connectivity index (χ1v) is 10.7. The molecule has 0 aliphatic heterocycles. The average Bonchev–Trinajstić information content (AvgIpc) is 3.31. The molecular formula is C21H31NOS. The van der Waals surface area contributed by atoms with Crippen LogP contribution in [-0.4, -0.2) is 9.30 Å². The van der Waals surface area contributed by atoms with Crippen LogP contribution >= 0.6 is 0 Å². The molecule has 0 radical (unpaired) electrons. The number of hydrogen-bond acceptors (Lipinski definition) is 2. The van der Waals surface area contributed by atoms with Crippen LogP contribution in [0.1, 0.15) is 83.4 Å². The third-order valence-corrected chi connectivity index (χ3v) is 8.55. The Balaban J connectivity index is 1.76. The lowest BCUT2D eigenvalue weighted by Gasteiger charge is -2.46. The van der Waals surface area contributed by atoms with E-state index in [1.807, 2.05) is 0 Å². The van der Waals surface area contributed by atoms with Crippen LogP contribution in [0.3, 0.4) is 0 Å². The monoisotopic (exact) mass is 345 g/mol. The molecule has 4 rings (SSSR count). The summed E-state index contributed by atoms with van der Waals surface area (Å²) in [5.41, 5.74) is 3.64. The Morgan fingerprint density at radius 2 is 1.71 bits per heavy atom. The Labute approximate surface area is 150 Å². The molecular weight excluding hydrogens is 314 g/mol. The fraction of sp³-hybridized carbons (Fsp3) is 0.714. The van der Waals surface area contributed by atoms with E-state index in [0.717, 1.165) is 5.92 Å². The van der Waals surface area contributed by atoms with E-state index in [4.69, 9.17) is 0 Å². The topological polar surface area (TPSA) is 35.1 Å². The molecule has 0 amide bonds. The molecule has 3 aliphatic carbocycles. The van der Waals surface area contributed by atoms with Crippen LogP contribution in [0.15, 0.2) is 24.3 Å². The van der Waals surface area contributed by atoms with Gasteiger partial charge in [0.1, 0.15) is 4.75 Å². The molecule has 0 heterocycles. The van der Waals surface area contributed by atoms with Crippen LogP contribution in [0, 0.1) is 11.3 Å². The molecule has 2 saturated carbocycles. The van der Waals surface area contributed by atoms with Gasteiger partial charge >= 0.3 is 0 Å². The summed E-state index contributed by atoms with van der Waals surface area (Å²) in [6.45, 7) is 8.60. The first-order chi connectivity index (χ1) is 11.3. The summed E-state index contributed by atoms with van der Waals surface area (Å²) in [4.78, 5) is 0. The SMILES string of the molecule is CC1CCC2(CC1)[C@H](N[S+]([O-])C(C)(C)C)c1ccccc1C21CC1. The van der Waals surface area contributed by atoms with E-state index in [0.29, 0.717) is 5.41 Å². The van der Waals surface area contributed by atoms with Crippen molar-refractivity contribution in [3.63, 3.8) is 0 Å². The highest BCUT2D eigenvalue weighted by Crippen LogP contribution is 2.74. The summed E-state index contributed by atoms with van der Waals surface area (Å²) in [5, 5.41) is 0. The summed E-state index contributed by atoms with van der Waals surface area (Å²) in [6, 6.07) is 9.25. The fourth-order valence-electron chi connectivity index (χ4n) is 5.42. The van der Waals surface area contributed by atoms with Crippen molar-refractivity contribution in [1.82, 2.24) is 4.72 Å². The van der Waals surface area contributed by atoms with Gasteiger partial charge in [0.05, 0.1) is 6.04 Å². The van der Waals surface area contributed by atoms with Gasteiger partial charge in [0.2, 0.25) is 0 Å². The minimum Gasteiger partial charge on any atom is -0.598 e. The van der Waals surface area contributed by atoms with Crippen molar-refractivity contribution in [2.75, 3.05) is 0 Å². The Kier molecular flexibility index (Phi) is 3.87. The molecule has 1 unspecified atom stereocenters. The average molecular weight is 346 g/mol. The second kappa shape index (κ2) is 5.49. The maximum atomic E-state index is 13.0. The van der Waals surface area contributed by atoms with E-state index in [1.165, 1.54) is 44.1 Å². The second-order valence-electron chi connectivity index (χ2n) is 9.44. The van der Waals surface area contributed by atoms with Crippen LogP contribution < -0.4 is 4.72 Å². The van der Waals surface area contributed by atoms with Gasteiger partial charge in [0.15, 0.2) is 0 Å². The van der Waals surface area contributed by atoms with Crippen molar-refractivity contribution in [3.05, 3.63) is 35.4 Å². The van der Waals surface area contributed by atoms with E-state index >= 15 is 0 Å². The molecule has 3 heteroatoms. The molecule has 2 nitrogen and oxygen atoms in total. The van der Waals surface area contributed by atoms with Gasteiger partial charge in [-0.15, -0.1) is 4.72 Å². The van der Waals surface area contributed by atoms with Gasteiger partial charge in [-0.2, -0.15) is 0 Å². The lowest BCUT2D eigenvalue weighted by Crippen LogP contribution is -2.49. The highest BCUT2D eigenvalue weighted by atomic mass is 32.2. The maximum Gasteiger partial charge on any atom is 0.136 e. The quantitative estimate of drug-likeness (QED) is 0.764. The number of fused-ring (bicyclic) bond motifs is 3. The molecule has 0 bridgehead atoms. The smallest absolute Gasteiger partial charge is 0.136 e. The third kappa shape index (κ3) is 2.31. The lowest BCUT2D eigenvalue weighted by atomic mass is 9.61. The van der Waals surface area contributed by atoms with Gasteiger partial charge in [0, 0.05) is 22.2 Å². The van der Waals surface area contributed by atoms with Crippen LogP contribution in [0.4, 0.5) is 0 Å². The molecule has 0 saturated heterocycles. The third-order valence-electron chi connectivity index (χ3n) is 6.99. The van der Waals surface area contributed by atoms with Crippen molar-refractivity contribution in [3.8, 4) is 0 Å². The Hall–Kier alpha value is -0.510. The van der Waals surface area contributed by atoms with Gasteiger partial charge in [-0.3, -0.25) is 0 Å². The molecule has 24 heavy (non-hydrogen) atoms. The molecule has 0 aromatic heterocycles. The van der Waals surface area contributed by atoms with Crippen molar-refractivity contribution in [1.29, 1.82) is 0 Å². The minimum absolute atomic E-state index is 0.225. The molecule has 2 atom stereocenters. The minimum atomic E-state index is -1.03. The predicted molar refractivity (Wildman–Crippen MR) is 101 cm³/mol. The summed E-state index contributed by atoms with van der Waals surface area (Å²) in [6.07, 6.45) is 7.83. The van der Waals surface area contributed by atoms with Crippen LogP contribution in [0.2, 0.25) is 0 Å². The summed E-state index contributed by atoms with van der Waals surface area (Å²) in [5.74, 6) is 0.837. The van der Waals surface area contributed by atoms with Crippen LogP contribution in [0.5, 0.6) is 0 Å². The Morgan fingerprint density at radius 3 is 2.29 bits per heavy atom. The van der Waals surface area contributed by atoms with Gasteiger partial charge in [-0.25, -0.2) is 0 Å². The largest absolute Gasteiger partial charge is 0.598 e. The molecule has 1 aromatic carbocycles. The Bertz CT molecular complexity index is 623. The fourth-order valence-corrected chi connectivity index (χ4v) is 6.34. The van der Waals surface area contributed by atoms with Crippen molar-refractivity contribution in [2.24, 2.45) is 11.3 Å². The first-order valence-electron chi connectivity index (χ1n) is 9.58. The highest BCUT2D eigenvalue weighted by molar-refractivity contribution is 7.90. The van der Waals surface area contributed by atoms with Gasteiger partial charge in [0.25, 0.3) is 0 Å². The van der Waals surface area contributed by atoms with Gasteiger partial charge in [-0.1, -0.05) is 44.0 Å². The molecule has 132 valence electrons. The summed E-state index contributed by atoms with van der Waals surface area (Å²) in [7, 11) is 0. The molecule has 3 aliphatic rings. The number of nitrogens with one attached hydrogen (secondary N) is 1. The number of benzene rings is 1. The van der Waals surface area contributed by atoms with E-state index in [1.54, 1.807) is 5.56 Å². The lowest BCUT2D eigenvalue weighted by molar-refractivity contribution is 0.0813. The normalized spacial score (nSPS) is 35.2. The van der Waals surface area contributed by atoms with Crippen molar-refractivity contribution in [2.45, 2.75) is 82.4 Å². The Morgan fingerprint density at radius 1 is 1.08 bits per heavy atom. The number of hydrogen-bond donors (Lipinski definition) is 1. The first kappa shape index (κ1) is 16.9. The standard InChI is InChI=1S/C21H31NOS/c1-15-9-11-21(12-10-15)18(22-24(23)19(2,3)4)16-7-5-6-8-17(16)20(21)13-14-20/h5-8,15,18,22H,9-14H2,1-4H3/t15?,18-,21?,24?/m1/s1. The summed E-state index contributed by atoms with van der Waals surface area (Å²) >= 11 is -1.03. The molecule has 1 aromatic rings. The zero-order chi connectivity index (χ0) is 17.2. The van der Waals surface area contributed by atoms with E-state index in [-0.39, 0.29) is 16.2 Å². The van der Waals surface area contributed by atoms with Crippen LogP contribution in [0.25, 0.3) is 0 Å². The zero-order valence-corrected chi connectivity index (χ0v) is 16.3. The number of rotatable bonds is 2. The van der Waals surface area contributed by atoms with E-state index in [9.17, 15) is 4.55 Å². The zero-order valence-electron chi connectivity index (χ0n) is 15.5. The molecule has 2 spiro atoms. The van der Waals surface area contributed by atoms with Crippen LogP contribution in [-0.2, 0) is 16.8 Å². The highest BCUT2D eigenvalue weighted by Gasteiger charge is 2.69. The van der Waals surface area contributed by atoms with E-state index < -0.39 is 11.4 Å². The maximum absolute atomic E-state index is 13.0. The molecule has 1 N–H and O–H groups in total. The second-order valence-corrected chi connectivity index (χ2v) is 11.4. The van der Waals surface area contributed by atoms with Crippen molar-refractivity contribution >= 4 is 11.4 Å².